The Balaban J connectivity index is 2.08. The summed E-state index contributed by atoms with van der Waals surface area (Å²) in [6, 6.07) is 2.35. The number of ether oxygens (including phenoxy) is 2. The van der Waals surface area contributed by atoms with Gasteiger partial charge in [-0.3, -0.25) is 0 Å². The van der Waals surface area contributed by atoms with Crippen LogP contribution in [-0.4, -0.2) is 26.9 Å². The molecule has 1 aromatic rings. The summed E-state index contributed by atoms with van der Waals surface area (Å²) in [7, 11) is 1.32. The molecule has 1 aromatic carbocycles. The third-order valence-electron chi connectivity index (χ3n) is 4.71. The Morgan fingerprint density at radius 3 is 2.37 bits per heavy atom. The molecule has 1 saturated carbocycles. The average molecular weight is 269 g/mol. The lowest BCUT2D eigenvalue weighted by molar-refractivity contribution is -0.0990. The van der Waals surface area contributed by atoms with E-state index in [4.69, 9.17) is 15.2 Å². The van der Waals surface area contributed by atoms with Gasteiger partial charge in [-0.25, -0.2) is 8.78 Å². The topological polar surface area (TPSA) is 44.5 Å². The molecular formula is C14H17F2NO2. The van der Waals surface area contributed by atoms with Crippen LogP contribution in [0, 0.1) is 17.0 Å². The van der Waals surface area contributed by atoms with E-state index >= 15 is 0 Å². The van der Waals surface area contributed by atoms with Gasteiger partial charge in [0.15, 0.2) is 11.6 Å². The highest BCUT2D eigenvalue weighted by Crippen LogP contribution is 2.62. The van der Waals surface area contributed by atoms with Gasteiger partial charge < -0.3 is 15.2 Å². The van der Waals surface area contributed by atoms with Crippen molar-refractivity contribution in [2.24, 2.45) is 11.1 Å². The molecule has 0 unspecified atom stereocenters. The molecule has 0 bridgehead atoms. The standard InChI is InChI=1S/C14H17F2NO2/c1-18-12-5-10(15)9(4-11(12)16)14(7-19-8-14)13(6-17)2-3-13/h4-5H,2-3,6-8,17H2,1H3. The van der Waals surface area contributed by atoms with Crippen LogP contribution in [0.4, 0.5) is 8.78 Å². The first-order chi connectivity index (χ1) is 9.08. The third-order valence-corrected chi connectivity index (χ3v) is 4.71. The predicted octanol–water partition coefficient (Wildman–Crippen LogP) is 1.98. The molecule has 0 atom stereocenters. The fourth-order valence-corrected chi connectivity index (χ4v) is 3.13. The monoisotopic (exact) mass is 269 g/mol. The van der Waals surface area contributed by atoms with Crippen LogP contribution >= 0.6 is 0 Å². The number of halogens is 2. The quantitative estimate of drug-likeness (QED) is 0.909. The molecule has 3 rings (SSSR count). The first-order valence-corrected chi connectivity index (χ1v) is 6.40. The molecule has 1 saturated heterocycles. The maximum absolute atomic E-state index is 14.3. The number of hydrogen-bond acceptors (Lipinski definition) is 3. The molecule has 0 aromatic heterocycles. The maximum Gasteiger partial charge on any atom is 0.165 e. The van der Waals surface area contributed by atoms with Crippen molar-refractivity contribution in [3.63, 3.8) is 0 Å². The van der Waals surface area contributed by atoms with E-state index in [2.05, 4.69) is 0 Å². The Bertz CT molecular complexity index is 510. The van der Waals surface area contributed by atoms with Crippen molar-refractivity contribution in [3.8, 4) is 5.75 Å². The van der Waals surface area contributed by atoms with Crippen molar-refractivity contribution < 1.29 is 18.3 Å². The second-order valence-corrected chi connectivity index (χ2v) is 5.53. The molecule has 3 nitrogen and oxygen atoms in total. The molecule has 5 heteroatoms. The van der Waals surface area contributed by atoms with Gasteiger partial charge in [0, 0.05) is 11.6 Å². The smallest absolute Gasteiger partial charge is 0.165 e. The molecular weight excluding hydrogens is 252 g/mol. The first-order valence-electron chi connectivity index (χ1n) is 6.40. The number of methoxy groups -OCH3 is 1. The lowest BCUT2D eigenvalue weighted by Gasteiger charge is -2.48. The summed E-state index contributed by atoms with van der Waals surface area (Å²) in [6.07, 6.45) is 1.89. The molecule has 1 aliphatic carbocycles. The van der Waals surface area contributed by atoms with Gasteiger partial charge in [0.05, 0.1) is 25.7 Å². The van der Waals surface area contributed by atoms with E-state index in [-0.39, 0.29) is 11.2 Å². The van der Waals surface area contributed by atoms with Crippen molar-refractivity contribution in [1.29, 1.82) is 0 Å². The van der Waals surface area contributed by atoms with Crippen molar-refractivity contribution in [2.75, 3.05) is 26.9 Å². The van der Waals surface area contributed by atoms with Crippen LogP contribution in [0.3, 0.4) is 0 Å². The fourth-order valence-electron chi connectivity index (χ4n) is 3.13. The number of benzene rings is 1. The second kappa shape index (κ2) is 4.15. The van der Waals surface area contributed by atoms with Gasteiger partial charge in [-0.1, -0.05) is 0 Å². The fraction of sp³-hybridized carbons (Fsp3) is 0.571. The van der Waals surface area contributed by atoms with Gasteiger partial charge in [0.1, 0.15) is 5.82 Å². The Labute approximate surface area is 110 Å². The van der Waals surface area contributed by atoms with E-state index in [0.29, 0.717) is 25.3 Å². The number of rotatable bonds is 4. The van der Waals surface area contributed by atoms with E-state index in [1.807, 2.05) is 0 Å². The first kappa shape index (κ1) is 12.8. The van der Waals surface area contributed by atoms with Crippen LogP contribution in [0.25, 0.3) is 0 Å². The third kappa shape index (κ3) is 1.61. The molecule has 2 fully saturated rings. The highest BCUT2D eigenvalue weighted by molar-refractivity contribution is 5.40. The van der Waals surface area contributed by atoms with Crippen molar-refractivity contribution >= 4 is 0 Å². The van der Waals surface area contributed by atoms with Crippen LogP contribution in [-0.2, 0) is 10.2 Å². The van der Waals surface area contributed by atoms with Crippen molar-refractivity contribution in [2.45, 2.75) is 18.3 Å². The van der Waals surface area contributed by atoms with Gasteiger partial charge in [-0.05, 0) is 30.9 Å². The normalized spacial score (nSPS) is 22.7. The summed E-state index contributed by atoms with van der Waals surface area (Å²) in [5, 5.41) is 0. The minimum Gasteiger partial charge on any atom is -0.494 e. The van der Waals surface area contributed by atoms with E-state index in [9.17, 15) is 8.78 Å². The van der Waals surface area contributed by atoms with E-state index in [0.717, 1.165) is 18.9 Å². The van der Waals surface area contributed by atoms with E-state index in [1.165, 1.54) is 13.2 Å². The predicted molar refractivity (Wildman–Crippen MR) is 66.1 cm³/mol. The van der Waals surface area contributed by atoms with Crippen molar-refractivity contribution in [1.82, 2.24) is 0 Å². The molecule has 104 valence electrons. The van der Waals surface area contributed by atoms with Gasteiger partial charge in [-0.2, -0.15) is 0 Å². The molecule has 0 radical (unpaired) electrons. The zero-order chi connectivity index (χ0) is 13.7. The van der Waals surface area contributed by atoms with E-state index < -0.39 is 17.0 Å². The number of nitrogens with two attached hydrogens (primary N) is 1. The lowest BCUT2D eigenvalue weighted by Crippen LogP contribution is -2.56. The van der Waals surface area contributed by atoms with Crippen LogP contribution in [0.5, 0.6) is 5.75 Å². The van der Waals surface area contributed by atoms with Crippen LogP contribution in [0.2, 0.25) is 0 Å². The average Bonchev–Trinajstić information content (AvgIpc) is 3.13. The Morgan fingerprint density at radius 2 is 1.95 bits per heavy atom. The van der Waals surface area contributed by atoms with Crippen molar-refractivity contribution in [3.05, 3.63) is 29.3 Å². The maximum atomic E-state index is 14.3. The molecule has 0 amide bonds. The zero-order valence-electron chi connectivity index (χ0n) is 10.8. The molecule has 1 heterocycles. The Kier molecular flexibility index (Phi) is 2.80. The molecule has 1 aliphatic heterocycles. The molecule has 0 spiro atoms. The van der Waals surface area contributed by atoms with Gasteiger partial charge in [0.2, 0.25) is 0 Å². The van der Waals surface area contributed by atoms with Gasteiger partial charge in [0.25, 0.3) is 0 Å². The van der Waals surface area contributed by atoms with Crippen LogP contribution < -0.4 is 10.5 Å². The van der Waals surface area contributed by atoms with Crippen LogP contribution in [0.15, 0.2) is 12.1 Å². The summed E-state index contributed by atoms with van der Waals surface area (Å²) in [5.41, 5.74) is 5.62. The summed E-state index contributed by atoms with van der Waals surface area (Å²) in [4.78, 5) is 0. The van der Waals surface area contributed by atoms with Crippen LogP contribution in [0.1, 0.15) is 18.4 Å². The largest absolute Gasteiger partial charge is 0.494 e. The van der Waals surface area contributed by atoms with Gasteiger partial charge in [-0.15, -0.1) is 0 Å². The molecule has 2 N–H and O–H groups in total. The Morgan fingerprint density at radius 1 is 1.26 bits per heavy atom. The summed E-state index contributed by atoms with van der Waals surface area (Å²) >= 11 is 0. The number of hydrogen-bond donors (Lipinski definition) is 1. The lowest BCUT2D eigenvalue weighted by atomic mass is 9.66. The van der Waals surface area contributed by atoms with Gasteiger partial charge >= 0.3 is 0 Å². The Hall–Kier alpha value is -1.20. The second-order valence-electron chi connectivity index (χ2n) is 5.53. The highest BCUT2D eigenvalue weighted by atomic mass is 19.1. The highest BCUT2D eigenvalue weighted by Gasteiger charge is 2.63. The zero-order valence-corrected chi connectivity index (χ0v) is 10.8. The summed E-state index contributed by atoms with van der Waals surface area (Å²) in [5.74, 6) is -1.06. The SMILES string of the molecule is COc1cc(F)c(C2(C3(CN)CC3)COC2)cc1F. The summed E-state index contributed by atoms with van der Waals surface area (Å²) < 4.78 is 38.3. The molecule has 2 aliphatic rings. The molecule has 19 heavy (non-hydrogen) atoms. The van der Waals surface area contributed by atoms with E-state index in [1.54, 1.807) is 0 Å². The summed E-state index contributed by atoms with van der Waals surface area (Å²) in [6.45, 7) is 1.29. The minimum absolute atomic E-state index is 0.0748. The minimum atomic E-state index is -0.544.